The number of nitrogens with zero attached hydrogens (tertiary/aromatic N) is 1. The molecule has 0 bridgehead atoms. The molecule has 1 aliphatic carbocycles. The lowest BCUT2D eigenvalue weighted by molar-refractivity contribution is -0.145. The van der Waals surface area contributed by atoms with Gasteiger partial charge in [0.05, 0.1) is 6.61 Å². The van der Waals surface area contributed by atoms with Crippen LogP contribution in [-0.2, 0) is 19.1 Å². The molecule has 2 N–H and O–H groups in total. The Hall–Kier alpha value is -3.39. The van der Waals surface area contributed by atoms with E-state index in [-0.39, 0.29) is 25.7 Å². The summed E-state index contributed by atoms with van der Waals surface area (Å²) in [6.07, 6.45) is 0.366. The van der Waals surface area contributed by atoms with Crippen LogP contribution in [0, 0.1) is 5.92 Å². The lowest BCUT2D eigenvalue weighted by Gasteiger charge is -2.27. The molecule has 8 heteroatoms. The van der Waals surface area contributed by atoms with Crippen LogP contribution in [-0.4, -0.2) is 67.4 Å². The van der Waals surface area contributed by atoms with Crippen molar-refractivity contribution in [3.8, 4) is 11.1 Å². The number of fused-ring (bicyclic) bond motifs is 3. The average Bonchev–Trinajstić information content (AvgIpc) is 3.16. The van der Waals surface area contributed by atoms with Crippen LogP contribution in [0.1, 0.15) is 43.7 Å². The number of methoxy groups -OCH3 is 1. The highest BCUT2D eigenvalue weighted by molar-refractivity contribution is 5.88. The average molecular weight is 483 g/mol. The Morgan fingerprint density at radius 2 is 1.60 bits per heavy atom. The Balaban J connectivity index is 1.70. The van der Waals surface area contributed by atoms with E-state index in [9.17, 15) is 19.5 Å². The highest BCUT2D eigenvalue weighted by Gasteiger charge is 2.31. The van der Waals surface area contributed by atoms with Crippen LogP contribution in [0.2, 0.25) is 0 Å². The lowest BCUT2D eigenvalue weighted by Crippen LogP contribution is -2.51. The van der Waals surface area contributed by atoms with Crippen molar-refractivity contribution in [1.82, 2.24) is 10.2 Å². The molecule has 1 unspecified atom stereocenters. The van der Waals surface area contributed by atoms with Crippen LogP contribution in [0.3, 0.4) is 0 Å². The van der Waals surface area contributed by atoms with E-state index >= 15 is 0 Å². The van der Waals surface area contributed by atoms with E-state index in [1.165, 1.54) is 12.0 Å². The summed E-state index contributed by atoms with van der Waals surface area (Å²) in [5.74, 6) is -1.37. The van der Waals surface area contributed by atoms with E-state index in [0.29, 0.717) is 18.8 Å². The van der Waals surface area contributed by atoms with E-state index in [0.717, 1.165) is 22.3 Å². The van der Waals surface area contributed by atoms with Crippen molar-refractivity contribution in [2.75, 3.05) is 33.4 Å². The van der Waals surface area contributed by atoms with Crippen LogP contribution >= 0.6 is 0 Å². The Kier molecular flexibility index (Phi) is 9.25. The Labute approximate surface area is 206 Å². The normalized spacial score (nSPS) is 13.1. The molecular formula is C27H34N2O6. The van der Waals surface area contributed by atoms with Gasteiger partial charge in [-0.05, 0) is 41.0 Å². The molecule has 2 aromatic rings. The molecule has 188 valence electrons. The third-order valence-corrected chi connectivity index (χ3v) is 6.17. The summed E-state index contributed by atoms with van der Waals surface area (Å²) in [5, 5.41) is 11.9. The number of hydrogen-bond donors (Lipinski definition) is 2. The van der Waals surface area contributed by atoms with Gasteiger partial charge in [-0.2, -0.15) is 0 Å². The molecule has 2 aromatic carbocycles. The number of ether oxygens (including phenoxy) is 2. The van der Waals surface area contributed by atoms with Crippen molar-refractivity contribution in [2.45, 2.75) is 38.6 Å². The zero-order valence-electron chi connectivity index (χ0n) is 20.5. The van der Waals surface area contributed by atoms with Crippen molar-refractivity contribution in [2.24, 2.45) is 5.92 Å². The van der Waals surface area contributed by atoms with Crippen molar-refractivity contribution < 1.29 is 29.0 Å². The summed E-state index contributed by atoms with van der Waals surface area (Å²) >= 11 is 0. The largest absolute Gasteiger partial charge is 0.480 e. The molecule has 0 spiro atoms. The topological polar surface area (TPSA) is 105 Å². The molecule has 2 amide bonds. The minimum atomic E-state index is -1.13. The summed E-state index contributed by atoms with van der Waals surface area (Å²) in [5.41, 5.74) is 4.45. The van der Waals surface area contributed by atoms with Crippen LogP contribution in [0.15, 0.2) is 48.5 Å². The number of carboxylic acid groups (broad SMARTS) is 1. The molecule has 35 heavy (non-hydrogen) atoms. The Morgan fingerprint density at radius 3 is 2.14 bits per heavy atom. The fraction of sp³-hybridized carbons (Fsp3) is 0.444. The maximum Gasteiger partial charge on any atom is 0.407 e. The SMILES string of the molecule is COCCN(CC(=O)O)C(=O)C(CCC(C)C)NC(=O)OCC1c2ccccc2-c2ccccc21. The van der Waals surface area contributed by atoms with Crippen molar-refractivity contribution in [3.05, 3.63) is 59.7 Å². The number of aliphatic carboxylic acids is 1. The lowest BCUT2D eigenvalue weighted by atomic mass is 9.98. The second-order valence-electron chi connectivity index (χ2n) is 9.14. The van der Waals surface area contributed by atoms with Crippen LogP contribution in [0.4, 0.5) is 4.79 Å². The van der Waals surface area contributed by atoms with Crippen molar-refractivity contribution in [1.29, 1.82) is 0 Å². The second-order valence-corrected chi connectivity index (χ2v) is 9.14. The zero-order chi connectivity index (χ0) is 25.4. The summed E-state index contributed by atoms with van der Waals surface area (Å²) in [7, 11) is 1.48. The predicted molar refractivity (Wildman–Crippen MR) is 132 cm³/mol. The number of nitrogens with one attached hydrogen (secondary N) is 1. The fourth-order valence-corrected chi connectivity index (χ4v) is 4.39. The quantitative estimate of drug-likeness (QED) is 0.476. The first-order chi connectivity index (χ1) is 16.8. The van der Waals surface area contributed by atoms with Gasteiger partial charge in [-0.25, -0.2) is 4.79 Å². The molecule has 1 atom stereocenters. The Morgan fingerprint density at radius 1 is 1.00 bits per heavy atom. The first-order valence-corrected chi connectivity index (χ1v) is 11.9. The molecular weight excluding hydrogens is 448 g/mol. The molecule has 0 aliphatic heterocycles. The smallest absolute Gasteiger partial charge is 0.407 e. The first-order valence-electron chi connectivity index (χ1n) is 11.9. The van der Waals surface area contributed by atoms with Gasteiger partial charge < -0.3 is 24.8 Å². The van der Waals surface area contributed by atoms with Gasteiger partial charge in [0.1, 0.15) is 19.2 Å². The maximum absolute atomic E-state index is 13.2. The third kappa shape index (κ3) is 6.82. The molecule has 3 rings (SSSR count). The minimum Gasteiger partial charge on any atom is -0.480 e. The zero-order valence-corrected chi connectivity index (χ0v) is 20.5. The van der Waals surface area contributed by atoms with Gasteiger partial charge in [0, 0.05) is 19.6 Å². The number of carbonyl (C=O) groups is 3. The van der Waals surface area contributed by atoms with Gasteiger partial charge in [-0.15, -0.1) is 0 Å². The van der Waals surface area contributed by atoms with Gasteiger partial charge in [-0.3, -0.25) is 9.59 Å². The van der Waals surface area contributed by atoms with Crippen LogP contribution < -0.4 is 5.32 Å². The number of hydrogen-bond acceptors (Lipinski definition) is 5. The standard InChI is InChI=1S/C27H34N2O6/c1-18(2)12-13-24(26(32)29(14-15-34-3)16-25(30)31)28-27(33)35-17-23-21-10-6-4-8-19(21)20-9-5-7-11-22(20)23/h4-11,18,23-24H,12-17H2,1-3H3,(H,28,33)(H,30,31). The molecule has 0 saturated heterocycles. The van der Waals surface area contributed by atoms with E-state index in [1.54, 1.807) is 0 Å². The molecule has 0 heterocycles. The first kappa shape index (κ1) is 26.2. The molecule has 0 fully saturated rings. The number of carbonyl (C=O) groups excluding carboxylic acids is 2. The van der Waals surface area contributed by atoms with Gasteiger partial charge in [0.2, 0.25) is 5.91 Å². The summed E-state index contributed by atoms with van der Waals surface area (Å²) in [4.78, 5) is 38.4. The summed E-state index contributed by atoms with van der Waals surface area (Å²) in [6.45, 7) is 4.02. The highest BCUT2D eigenvalue weighted by atomic mass is 16.5. The maximum atomic E-state index is 13.2. The number of amides is 2. The van der Waals surface area contributed by atoms with Gasteiger partial charge >= 0.3 is 12.1 Å². The van der Waals surface area contributed by atoms with E-state index < -0.39 is 30.6 Å². The van der Waals surface area contributed by atoms with E-state index in [2.05, 4.69) is 17.4 Å². The van der Waals surface area contributed by atoms with E-state index in [4.69, 9.17) is 9.47 Å². The summed E-state index contributed by atoms with van der Waals surface area (Å²) < 4.78 is 10.6. The number of benzene rings is 2. The number of carboxylic acids is 1. The fourth-order valence-electron chi connectivity index (χ4n) is 4.39. The molecule has 8 nitrogen and oxygen atoms in total. The monoisotopic (exact) mass is 482 g/mol. The van der Waals surface area contributed by atoms with Crippen molar-refractivity contribution in [3.63, 3.8) is 0 Å². The van der Waals surface area contributed by atoms with Gasteiger partial charge in [-0.1, -0.05) is 62.4 Å². The van der Waals surface area contributed by atoms with Crippen molar-refractivity contribution >= 4 is 18.0 Å². The number of rotatable bonds is 12. The minimum absolute atomic E-state index is 0.0943. The van der Waals surface area contributed by atoms with Crippen LogP contribution in [0.5, 0.6) is 0 Å². The number of alkyl carbamates (subject to hydrolysis) is 1. The molecule has 1 aliphatic rings. The van der Waals surface area contributed by atoms with Crippen LogP contribution in [0.25, 0.3) is 11.1 Å². The highest BCUT2D eigenvalue weighted by Crippen LogP contribution is 2.44. The van der Waals surface area contributed by atoms with E-state index in [1.807, 2.05) is 50.2 Å². The summed E-state index contributed by atoms with van der Waals surface area (Å²) in [6, 6.07) is 15.2. The van der Waals surface area contributed by atoms with Gasteiger partial charge in [0.25, 0.3) is 0 Å². The molecule has 0 radical (unpaired) electrons. The predicted octanol–water partition coefficient (Wildman–Crippen LogP) is 3.89. The third-order valence-electron chi connectivity index (χ3n) is 6.17. The second kappa shape index (κ2) is 12.4. The molecule has 0 aromatic heterocycles. The Bertz CT molecular complexity index is 992. The van der Waals surface area contributed by atoms with Gasteiger partial charge in [0.15, 0.2) is 0 Å². The molecule has 0 saturated carbocycles.